The molecule has 2 fully saturated rings. The first-order valence-electron chi connectivity index (χ1n) is 6.52. The molecule has 4 atom stereocenters. The molecular weight excluding hydrogens is 212 g/mol. The number of fused-ring (bicyclic) bond motifs is 3. The van der Waals surface area contributed by atoms with Gasteiger partial charge in [-0.15, -0.1) is 0 Å². The maximum atomic E-state index is 11.4. The van der Waals surface area contributed by atoms with Gasteiger partial charge in [0.15, 0.2) is 0 Å². The lowest BCUT2D eigenvalue weighted by Crippen LogP contribution is -2.31. The Morgan fingerprint density at radius 2 is 1.94 bits per heavy atom. The van der Waals surface area contributed by atoms with E-state index < -0.39 is 5.41 Å². The first-order valence-corrected chi connectivity index (χ1v) is 6.52. The van der Waals surface area contributed by atoms with Crippen LogP contribution >= 0.6 is 0 Å². The molecule has 2 nitrogen and oxygen atoms in total. The average molecular weight is 232 g/mol. The van der Waals surface area contributed by atoms with Crippen LogP contribution in [0.4, 0.5) is 0 Å². The fourth-order valence-electron chi connectivity index (χ4n) is 4.68. The first-order chi connectivity index (χ1) is 7.88. The summed E-state index contributed by atoms with van der Waals surface area (Å²) in [6.07, 6.45) is 7.28. The Balaban J connectivity index is 2.07. The lowest BCUT2D eigenvalue weighted by atomic mass is 9.70. The highest BCUT2D eigenvalue weighted by Crippen LogP contribution is 2.76. The molecule has 0 aromatic rings. The number of hydrogen-bond acceptors (Lipinski definition) is 2. The van der Waals surface area contributed by atoms with Crippen molar-refractivity contribution in [1.29, 1.82) is 0 Å². The molecule has 0 bridgehead atoms. The van der Waals surface area contributed by atoms with Crippen molar-refractivity contribution in [1.82, 2.24) is 0 Å². The van der Waals surface area contributed by atoms with Crippen LogP contribution in [0, 0.1) is 28.1 Å². The number of rotatable bonds is 2. The van der Waals surface area contributed by atoms with Gasteiger partial charge in [0.2, 0.25) is 0 Å². The highest BCUT2D eigenvalue weighted by Gasteiger charge is 2.73. The minimum atomic E-state index is -0.434. The third kappa shape index (κ3) is 1.16. The van der Waals surface area contributed by atoms with Gasteiger partial charge < -0.3 is 4.79 Å². The van der Waals surface area contributed by atoms with E-state index in [0.29, 0.717) is 17.3 Å². The third-order valence-electron chi connectivity index (χ3n) is 5.67. The fourth-order valence-corrected chi connectivity index (χ4v) is 4.68. The molecule has 0 aromatic carbocycles. The van der Waals surface area contributed by atoms with Crippen molar-refractivity contribution < 1.29 is 9.59 Å². The molecule has 0 radical (unpaired) electrons. The molecule has 3 aliphatic carbocycles. The summed E-state index contributed by atoms with van der Waals surface area (Å²) >= 11 is 0. The van der Waals surface area contributed by atoms with Gasteiger partial charge in [-0.1, -0.05) is 26.8 Å². The zero-order chi connectivity index (χ0) is 12.5. The van der Waals surface area contributed by atoms with Crippen molar-refractivity contribution >= 4 is 12.6 Å². The minimum absolute atomic E-state index is 0.0538. The Labute approximate surface area is 102 Å². The van der Waals surface area contributed by atoms with E-state index in [0.717, 1.165) is 31.0 Å². The molecule has 3 rings (SSSR count). The van der Waals surface area contributed by atoms with Gasteiger partial charge >= 0.3 is 0 Å². The Kier molecular flexibility index (Phi) is 1.91. The van der Waals surface area contributed by atoms with Crippen LogP contribution in [0.15, 0.2) is 11.6 Å². The van der Waals surface area contributed by atoms with Crippen molar-refractivity contribution in [2.75, 3.05) is 0 Å². The molecule has 0 heterocycles. The van der Waals surface area contributed by atoms with E-state index in [9.17, 15) is 9.59 Å². The van der Waals surface area contributed by atoms with Crippen LogP contribution in [0.2, 0.25) is 0 Å². The van der Waals surface area contributed by atoms with Gasteiger partial charge in [0.25, 0.3) is 0 Å². The van der Waals surface area contributed by atoms with E-state index in [1.807, 2.05) is 0 Å². The van der Waals surface area contributed by atoms with E-state index >= 15 is 0 Å². The molecule has 2 saturated carbocycles. The summed E-state index contributed by atoms with van der Waals surface area (Å²) in [6, 6.07) is 0. The number of aldehydes is 2. The smallest absolute Gasteiger partial charge is 0.146 e. The lowest BCUT2D eigenvalue weighted by Gasteiger charge is -2.33. The van der Waals surface area contributed by atoms with Crippen molar-refractivity contribution in [3.63, 3.8) is 0 Å². The monoisotopic (exact) mass is 232 g/mol. The maximum Gasteiger partial charge on any atom is 0.146 e. The van der Waals surface area contributed by atoms with E-state index in [4.69, 9.17) is 0 Å². The van der Waals surface area contributed by atoms with Crippen LogP contribution in [0.3, 0.4) is 0 Å². The molecule has 0 N–H and O–H groups in total. The molecule has 0 amide bonds. The second-order valence-electron chi connectivity index (χ2n) is 7.27. The SMILES string of the molecule is CC1(C)CC2C=C(C=O)[C@]3(C=O)C[C@]3(C)C2C1. The van der Waals surface area contributed by atoms with E-state index in [2.05, 4.69) is 26.8 Å². The van der Waals surface area contributed by atoms with Gasteiger partial charge in [-0.2, -0.15) is 0 Å². The summed E-state index contributed by atoms with van der Waals surface area (Å²) in [5.41, 5.74) is 0.729. The topological polar surface area (TPSA) is 34.1 Å². The van der Waals surface area contributed by atoms with Gasteiger partial charge in [0, 0.05) is 5.57 Å². The van der Waals surface area contributed by atoms with Crippen molar-refractivity contribution in [3.05, 3.63) is 11.6 Å². The highest BCUT2D eigenvalue weighted by atomic mass is 16.1. The molecule has 0 saturated heterocycles. The van der Waals surface area contributed by atoms with Gasteiger partial charge in [-0.3, -0.25) is 4.79 Å². The van der Waals surface area contributed by atoms with Crippen LogP contribution in [-0.4, -0.2) is 12.6 Å². The van der Waals surface area contributed by atoms with Gasteiger partial charge in [-0.25, -0.2) is 0 Å². The molecule has 2 unspecified atom stereocenters. The second kappa shape index (κ2) is 2.90. The number of hydrogen-bond donors (Lipinski definition) is 0. The molecule has 0 aromatic heterocycles. The third-order valence-corrected chi connectivity index (χ3v) is 5.67. The molecule has 17 heavy (non-hydrogen) atoms. The predicted octanol–water partition coefficient (Wildman–Crippen LogP) is 2.77. The summed E-state index contributed by atoms with van der Waals surface area (Å²) in [5.74, 6) is 1.09. The van der Waals surface area contributed by atoms with Crippen LogP contribution in [0.1, 0.15) is 40.0 Å². The quantitative estimate of drug-likeness (QED) is 0.686. The zero-order valence-corrected chi connectivity index (χ0v) is 10.8. The zero-order valence-electron chi connectivity index (χ0n) is 10.8. The van der Waals surface area contributed by atoms with Crippen molar-refractivity contribution in [3.8, 4) is 0 Å². The molecule has 2 heteroatoms. The second-order valence-corrected chi connectivity index (χ2v) is 7.27. The van der Waals surface area contributed by atoms with E-state index in [-0.39, 0.29) is 5.41 Å². The average Bonchev–Trinajstić information content (AvgIpc) is 2.77. The van der Waals surface area contributed by atoms with Crippen LogP contribution < -0.4 is 0 Å². The summed E-state index contributed by atoms with van der Waals surface area (Å²) < 4.78 is 0. The van der Waals surface area contributed by atoms with Gasteiger partial charge in [0.05, 0.1) is 5.41 Å². The van der Waals surface area contributed by atoms with Gasteiger partial charge in [-0.05, 0) is 41.9 Å². The molecule has 92 valence electrons. The summed E-state index contributed by atoms with van der Waals surface area (Å²) in [7, 11) is 0. The standard InChI is InChI=1S/C15H20O2/c1-13(2)5-10-4-11(7-16)15(9-17)8-14(15,3)12(10)6-13/h4,7,9-10,12H,5-6,8H2,1-3H3/t10?,12?,14-,15-/m1/s1. The summed E-state index contributed by atoms with van der Waals surface area (Å²) in [5, 5.41) is 0. The van der Waals surface area contributed by atoms with Crippen LogP contribution in [0.5, 0.6) is 0 Å². The summed E-state index contributed by atoms with van der Waals surface area (Å²) in [4.78, 5) is 22.7. The largest absolute Gasteiger partial charge is 0.302 e. The summed E-state index contributed by atoms with van der Waals surface area (Å²) in [6.45, 7) is 6.80. The van der Waals surface area contributed by atoms with E-state index in [1.165, 1.54) is 6.42 Å². The number of carbonyl (C=O) groups excluding carboxylic acids is 2. The van der Waals surface area contributed by atoms with Crippen molar-refractivity contribution in [2.45, 2.75) is 40.0 Å². The molecule has 3 aliphatic rings. The fraction of sp³-hybridized carbons (Fsp3) is 0.733. The highest BCUT2D eigenvalue weighted by molar-refractivity contribution is 5.89. The number of carbonyl (C=O) groups is 2. The Hall–Kier alpha value is -0.920. The predicted molar refractivity (Wildman–Crippen MR) is 65.4 cm³/mol. The first kappa shape index (κ1) is 11.2. The molecule has 0 aliphatic heterocycles. The van der Waals surface area contributed by atoms with E-state index in [1.54, 1.807) is 0 Å². The Bertz CT molecular complexity index is 434. The van der Waals surface area contributed by atoms with Crippen molar-refractivity contribution in [2.24, 2.45) is 28.1 Å². The normalized spacial score (nSPS) is 49.9. The minimum Gasteiger partial charge on any atom is -0.302 e. The van der Waals surface area contributed by atoms with Crippen LogP contribution in [0.25, 0.3) is 0 Å². The Morgan fingerprint density at radius 1 is 1.24 bits per heavy atom. The lowest BCUT2D eigenvalue weighted by molar-refractivity contribution is -0.115. The number of allylic oxidation sites excluding steroid dienone is 2. The Morgan fingerprint density at radius 3 is 2.53 bits per heavy atom. The maximum absolute atomic E-state index is 11.4. The molecular formula is C15H20O2. The molecule has 0 spiro atoms. The van der Waals surface area contributed by atoms with Gasteiger partial charge in [0.1, 0.15) is 12.6 Å². The van der Waals surface area contributed by atoms with Crippen LogP contribution in [-0.2, 0) is 9.59 Å².